The molecule has 168 valence electrons. The van der Waals surface area contributed by atoms with Crippen molar-refractivity contribution in [2.75, 3.05) is 6.61 Å². The van der Waals surface area contributed by atoms with Gasteiger partial charge in [0.15, 0.2) is 6.10 Å². The van der Waals surface area contributed by atoms with Crippen molar-refractivity contribution in [3.63, 3.8) is 0 Å². The van der Waals surface area contributed by atoms with Crippen LogP contribution in [0.4, 0.5) is 0 Å². The lowest BCUT2D eigenvalue weighted by Gasteiger charge is -2.30. The number of carbonyl (C=O) groups excluding carboxylic acids is 2. The summed E-state index contributed by atoms with van der Waals surface area (Å²) in [6.45, 7) is 0.859. The van der Waals surface area contributed by atoms with Gasteiger partial charge in [0.1, 0.15) is 12.2 Å². The van der Waals surface area contributed by atoms with Crippen molar-refractivity contribution < 1.29 is 39.9 Å². The van der Waals surface area contributed by atoms with Crippen LogP contribution in [0.3, 0.4) is 0 Å². The van der Waals surface area contributed by atoms with E-state index in [0.717, 1.165) is 0 Å². The molecule has 9 N–H and O–H groups in total. The predicted octanol–water partition coefficient (Wildman–Crippen LogP) is -2.38. The van der Waals surface area contributed by atoms with Gasteiger partial charge in [-0.05, 0) is 12.0 Å². The van der Waals surface area contributed by atoms with Gasteiger partial charge in [-0.3, -0.25) is 14.4 Å². The van der Waals surface area contributed by atoms with Crippen molar-refractivity contribution in [2.24, 2.45) is 5.73 Å². The van der Waals surface area contributed by atoms with Crippen LogP contribution in [0.25, 0.3) is 0 Å². The van der Waals surface area contributed by atoms with Crippen LogP contribution in [0.2, 0.25) is 0 Å². The molecule has 0 fully saturated rings. The highest BCUT2D eigenvalue weighted by Crippen LogP contribution is 2.17. The molecule has 0 saturated carbocycles. The Labute approximate surface area is 173 Å². The number of aliphatic hydroxyl groups is 4. The first-order valence-corrected chi connectivity index (χ1v) is 9.40. The zero-order valence-electron chi connectivity index (χ0n) is 16.5. The zero-order chi connectivity index (χ0) is 22.8. The van der Waals surface area contributed by atoms with E-state index >= 15 is 0 Å². The lowest BCUT2D eigenvalue weighted by molar-refractivity contribution is -0.145. The van der Waals surface area contributed by atoms with Gasteiger partial charge in [-0.1, -0.05) is 37.3 Å². The van der Waals surface area contributed by atoms with E-state index in [4.69, 9.17) is 10.8 Å². The molecular weight excluding hydrogens is 398 g/mol. The second-order valence-corrected chi connectivity index (χ2v) is 6.81. The number of amides is 2. The Balaban J connectivity index is 2.85. The monoisotopic (exact) mass is 427 g/mol. The Kier molecular flexibility index (Phi) is 10.4. The highest BCUT2D eigenvalue weighted by Gasteiger charge is 2.36. The second-order valence-electron chi connectivity index (χ2n) is 6.81. The quantitative estimate of drug-likeness (QED) is 0.179. The normalized spacial score (nSPS) is 17.1. The molecule has 0 heterocycles. The third-order valence-electron chi connectivity index (χ3n) is 4.55. The fourth-order valence-electron chi connectivity index (χ4n) is 2.66. The van der Waals surface area contributed by atoms with E-state index in [9.17, 15) is 34.8 Å². The molecule has 0 aromatic heterocycles. The Morgan fingerprint density at radius 3 is 2.10 bits per heavy atom. The maximum absolute atomic E-state index is 12.3. The van der Waals surface area contributed by atoms with Crippen LogP contribution in [-0.2, 0) is 14.4 Å². The van der Waals surface area contributed by atoms with Gasteiger partial charge in [0.05, 0.1) is 31.2 Å². The van der Waals surface area contributed by atoms with Crippen LogP contribution in [0.15, 0.2) is 30.3 Å². The minimum atomic E-state index is -2.16. The van der Waals surface area contributed by atoms with Gasteiger partial charge in [0, 0.05) is 0 Å². The second kappa shape index (κ2) is 12.2. The van der Waals surface area contributed by atoms with Crippen LogP contribution in [0, 0.1) is 0 Å². The molecule has 6 atom stereocenters. The first-order valence-electron chi connectivity index (χ1n) is 9.40. The molecule has 0 saturated heterocycles. The van der Waals surface area contributed by atoms with Gasteiger partial charge >= 0.3 is 5.97 Å². The molecule has 30 heavy (non-hydrogen) atoms. The summed E-state index contributed by atoms with van der Waals surface area (Å²) >= 11 is 0. The lowest BCUT2D eigenvalue weighted by atomic mass is 9.99. The van der Waals surface area contributed by atoms with E-state index in [0.29, 0.717) is 5.56 Å². The van der Waals surface area contributed by atoms with Crippen molar-refractivity contribution in [2.45, 2.75) is 56.2 Å². The first-order chi connectivity index (χ1) is 14.1. The molecule has 0 aliphatic rings. The van der Waals surface area contributed by atoms with Crippen LogP contribution in [0.5, 0.6) is 0 Å². The van der Waals surface area contributed by atoms with Gasteiger partial charge in [-0.15, -0.1) is 0 Å². The summed E-state index contributed by atoms with van der Waals surface area (Å²) in [5.74, 6) is -3.02. The Morgan fingerprint density at radius 1 is 1.00 bits per heavy atom. The summed E-state index contributed by atoms with van der Waals surface area (Å²) in [5.41, 5.74) is 6.02. The number of carbonyl (C=O) groups is 3. The molecule has 1 aromatic rings. The van der Waals surface area contributed by atoms with E-state index < -0.39 is 67.2 Å². The zero-order valence-corrected chi connectivity index (χ0v) is 16.5. The average molecular weight is 427 g/mol. The minimum absolute atomic E-state index is 0.290. The fourth-order valence-corrected chi connectivity index (χ4v) is 2.66. The van der Waals surface area contributed by atoms with Gasteiger partial charge in [-0.2, -0.15) is 0 Å². The summed E-state index contributed by atoms with van der Waals surface area (Å²) in [4.78, 5) is 35.3. The number of nitrogens with one attached hydrogen (secondary N) is 2. The minimum Gasteiger partial charge on any atom is -0.481 e. The largest absolute Gasteiger partial charge is 0.481 e. The van der Waals surface area contributed by atoms with Gasteiger partial charge in [0.2, 0.25) is 5.91 Å². The topological polar surface area (TPSA) is 202 Å². The number of rotatable bonds is 12. The summed E-state index contributed by atoms with van der Waals surface area (Å²) < 4.78 is 0. The molecule has 0 aliphatic carbocycles. The van der Waals surface area contributed by atoms with Crippen LogP contribution in [-0.4, -0.2) is 80.3 Å². The van der Waals surface area contributed by atoms with Crippen LogP contribution >= 0.6 is 0 Å². The summed E-state index contributed by atoms with van der Waals surface area (Å²) in [6.07, 6.45) is -6.34. The number of aliphatic hydroxyl groups excluding tert-OH is 4. The fraction of sp³-hybridized carbons (Fsp3) is 0.526. The molecule has 0 aliphatic heterocycles. The van der Waals surface area contributed by atoms with Gasteiger partial charge < -0.3 is 41.9 Å². The number of aliphatic carboxylic acids is 1. The van der Waals surface area contributed by atoms with Crippen molar-refractivity contribution in [3.8, 4) is 0 Å². The molecule has 1 rings (SSSR count). The highest BCUT2D eigenvalue weighted by molar-refractivity contribution is 5.83. The van der Waals surface area contributed by atoms with E-state index in [1.807, 2.05) is 0 Å². The summed E-state index contributed by atoms with van der Waals surface area (Å²) in [6, 6.07) is 4.86. The van der Waals surface area contributed by atoms with E-state index in [1.165, 1.54) is 0 Å². The Bertz CT molecular complexity index is 702. The number of carboxylic acids is 1. The average Bonchev–Trinajstić information content (AvgIpc) is 2.74. The third-order valence-corrected chi connectivity index (χ3v) is 4.55. The third kappa shape index (κ3) is 7.35. The van der Waals surface area contributed by atoms with E-state index in [2.05, 4.69) is 10.6 Å². The molecule has 11 heteroatoms. The van der Waals surface area contributed by atoms with E-state index in [1.54, 1.807) is 37.3 Å². The summed E-state index contributed by atoms with van der Waals surface area (Å²) in [7, 11) is 0. The SMILES string of the molecule is CCC(N)C(=O)NC(CO)C(O)C(O)C(O)C(=O)NC(CC(=O)O)c1ccccc1. The number of benzene rings is 1. The number of hydrogen-bond acceptors (Lipinski definition) is 8. The molecule has 11 nitrogen and oxygen atoms in total. The van der Waals surface area contributed by atoms with Crippen molar-refractivity contribution in [1.82, 2.24) is 10.6 Å². The highest BCUT2D eigenvalue weighted by atomic mass is 16.4. The van der Waals surface area contributed by atoms with Crippen molar-refractivity contribution in [1.29, 1.82) is 0 Å². The maximum Gasteiger partial charge on any atom is 0.305 e. The molecule has 6 unspecified atom stereocenters. The van der Waals surface area contributed by atoms with E-state index in [-0.39, 0.29) is 6.42 Å². The van der Waals surface area contributed by atoms with Crippen LogP contribution in [0.1, 0.15) is 31.4 Å². The molecule has 2 amide bonds. The lowest BCUT2D eigenvalue weighted by Crippen LogP contribution is -2.58. The molecule has 1 aromatic carbocycles. The maximum atomic E-state index is 12.3. The Hall–Kier alpha value is -2.57. The Morgan fingerprint density at radius 2 is 1.60 bits per heavy atom. The van der Waals surface area contributed by atoms with Crippen LogP contribution < -0.4 is 16.4 Å². The number of hydrogen-bond donors (Lipinski definition) is 8. The van der Waals surface area contributed by atoms with Gasteiger partial charge in [0.25, 0.3) is 5.91 Å². The predicted molar refractivity (Wildman–Crippen MR) is 105 cm³/mol. The standard InChI is InChI=1S/C19H29N3O8/c1-2-11(20)18(29)22-13(9-23)15(26)16(27)17(28)19(30)21-12(8-14(24)25)10-6-4-3-5-7-10/h3-7,11-13,15-17,23,26-28H,2,8-9,20H2,1H3,(H,21,30)(H,22,29)(H,24,25). The molecule has 0 radical (unpaired) electrons. The number of carboxylic acid groups (broad SMARTS) is 1. The molecular formula is C19H29N3O8. The number of nitrogens with two attached hydrogens (primary N) is 1. The molecule has 0 bridgehead atoms. The van der Waals surface area contributed by atoms with Crippen molar-refractivity contribution in [3.05, 3.63) is 35.9 Å². The van der Waals surface area contributed by atoms with Gasteiger partial charge in [-0.25, -0.2) is 0 Å². The first kappa shape index (κ1) is 25.5. The molecule has 0 spiro atoms. The smallest absolute Gasteiger partial charge is 0.305 e. The van der Waals surface area contributed by atoms with Crippen molar-refractivity contribution >= 4 is 17.8 Å². The summed E-state index contributed by atoms with van der Waals surface area (Å²) in [5, 5.41) is 53.5.